The first kappa shape index (κ1) is 17.6. The average molecular weight is 367 g/mol. The minimum Gasteiger partial charge on any atom is -0.348 e. The SMILES string of the molecule is O=C(/C=C/c1ccccc1)C(C(=O)NCc1ccccc1)=C1SCS1. The summed E-state index contributed by atoms with van der Waals surface area (Å²) in [4.78, 5) is 25.1. The van der Waals surface area contributed by atoms with Gasteiger partial charge in [0.05, 0.1) is 4.24 Å². The highest BCUT2D eigenvalue weighted by molar-refractivity contribution is 8.37. The smallest absolute Gasteiger partial charge is 0.257 e. The molecule has 0 bridgehead atoms. The molecule has 25 heavy (non-hydrogen) atoms. The quantitative estimate of drug-likeness (QED) is 0.471. The third-order valence-corrected chi connectivity index (χ3v) is 6.16. The van der Waals surface area contributed by atoms with E-state index in [1.165, 1.54) is 6.08 Å². The summed E-state index contributed by atoms with van der Waals surface area (Å²) >= 11 is 3.08. The zero-order chi connectivity index (χ0) is 17.5. The first-order valence-electron chi connectivity index (χ1n) is 7.83. The van der Waals surface area contributed by atoms with Gasteiger partial charge in [0.2, 0.25) is 0 Å². The summed E-state index contributed by atoms with van der Waals surface area (Å²) in [6.07, 6.45) is 3.21. The van der Waals surface area contributed by atoms with E-state index in [2.05, 4.69) is 5.32 Å². The van der Waals surface area contributed by atoms with Gasteiger partial charge in [0.25, 0.3) is 5.91 Å². The van der Waals surface area contributed by atoms with Gasteiger partial charge in [-0.1, -0.05) is 66.7 Å². The van der Waals surface area contributed by atoms with Crippen LogP contribution in [-0.2, 0) is 16.1 Å². The molecule has 1 N–H and O–H groups in total. The molecule has 0 spiro atoms. The molecule has 1 heterocycles. The molecule has 1 fully saturated rings. The van der Waals surface area contributed by atoms with E-state index in [1.54, 1.807) is 29.6 Å². The lowest BCUT2D eigenvalue weighted by molar-refractivity contribution is -0.121. The van der Waals surface area contributed by atoms with Crippen LogP contribution < -0.4 is 5.32 Å². The normalized spacial score (nSPS) is 13.4. The maximum absolute atomic E-state index is 12.6. The molecule has 1 aliphatic rings. The first-order chi connectivity index (χ1) is 12.2. The van der Waals surface area contributed by atoms with Crippen LogP contribution in [0.4, 0.5) is 0 Å². The number of thioether (sulfide) groups is 2. The van der Waals surface area contributed by atoms with Crippen LogP contribution in [0.25, 0.3) is 6.08 Å². The summed E-state index contributed by atoms with van der Waals surface area (Å²) in [5, 5.41) is 3.72. The van der Waals surface area contributed by atoms with Crippen LogP contribution in [0.2, 0.25) is 0 Å². The van der Waals surface area contributed by atoms with Crippen molar-refractivity contribution in [3.05, 3.63) is 87.7 Å². The molecule has 0 saturated carbocycles. The lowest BCUT2D eigenvalue weighted by Gasteiger charge is -2.18. The fourth-order valence-electron chi connectivity index (χ4n) is 2.25. The Balaban J connectivity index is 1.70. The monoisotopic (exact) mass is 367 g/mol. The third kappa shape index (κ3) is 4.87. The van der Waals surface area contributed by atoms with Crippen LogP contribution in [0.5, 0.6) is 0 Å². The maximum Gasteiger partial charge on any atom is 0.257 e. The van der Waals surface area contributed by atoms with Gasteiger partial charge >= 0.3 is 0 Å². The number of carbonyl (C=O) groups excluding carboxylic acids is 2. The van der Waals surface area contributed by atoms with E-state index >= 15 is 0 Å². The topological polar surface area (TPSA) is 46.2 Å². The van der Waals surface area contributed by atoms with Crippen LogP contribution >= 0.6 is 23.5 Å². The Kier molecular flexibility index (Phi) is 6.14. The van der Waals surface area contributed by atoms with E-state index < -0.39 is 0 Å². The van der Waals surface area contributed by atoms with Gasteiger partial charge in [0, 0.05) is 11.6 Å². The summed E-state index contributed by atoms with van der Waals surface area (Å²) in [6, 6.07) is 19.2. The molecular formula is C20H17NO2S2. The van der Waals surface area contributed by atoms with Gasteiger partial charge in [-0.15, -0.1) is 23.5 Å². The molecule has 5 heteroatoms. The van der Waals surface area contributed by atoms with Gasteiger partial charge in [0.15, 0.2) is 5.78 Å². The first-order valence-corrected chi connectivity index (χ1v) is 9.80. The predicted molar refractivity (Wildman–Crippen MR) is 106 cm³/mol. The van der Waals surface area contributed by atoms with Gasteiger partial charge in [0.1, 0.15) is 5.57 Å². The minimum atomic E-state index is -0.318. The van der Waals surface area contributed by atoms with Gasteiger partial charge in [-0.3, -0.25) is 9.59 Å². The molecule has 0 aromatic heterocycles. The molecule has 1 amide bonds. The van der Waals surface area contributed by atoms with E-state index in [1.807, 2.05) is 60.7 Å². The van der Waals surface area contributed by atoms with Crippen molar-refractivity contribution in [3.8, 4) is 0 Å². The average Bonchev–Trinajstić information content (AvgIpc) is 2.62. The lowest BCUT2D eigenvalue weighted by atomic mass is 10.1. The number of ketones is 1. The number of amides is 1. The molecule has 126 valence electrons. The number of carbonyl (C=O) groups is 2. The number of hydrogen-bond donors (Lipinski definition) is 1. The Morgan fingerprint density at radius 1 is 0.960 bits per heavy atom. The summed E-state index contributed by atoms with van der Waals surface area (Å²) in [7, 11) is 0. The van der Waals surface area contributed by atoms with Gasteiger partial charge in [-0.2, -0.15) is 0 Å². The molecule has 0 radical (unpaired) electrons. The fourth-order valence-corrected chi connectivity index (χ4v) is 3.87. The third-order valence-electron chi connectivity index (χ3n) is 3.58. The van der Waals surface area contributed by atoms with Crippen molar-refractivity contribution < 1.29 is 9.59 Å². The molecule has 1 aliphatic heterocycles. The largest absolute Gasteiger partial charge is 0.348 e. The molecule has 3 nitrogen and oxygen atoms in total. The molecular weight excluding hydrogens is 350 g/mol. The van der Waals surface area contributed by atoms with Gasteiger partial charge < -0.3 is 5.32 Å². The van der Waals surface area contributed by atoms with Crippen molar-refractivity contribution in [2.45, 2.75) is 6.54 Å². The Hall–Kier alpha value is -2.24. The number of benzene rings is 2. The molecule has 3 rings (SSSR count). The van der Waals surface area contributed by atoms with Crippen LogP contribution in [-0.4, -0.2) is 16.8 Å². The van der Waals surface area contributed by atoms with E-state index in [9.17, 15) is 9.59 Å². The van der Waals surface area contributed by atoms with Crippen molar-refractivity contribution in [3.63, 3.8) is 0 Å². The molecule has 0 atom stereocenters. The maximum atomic E-state index is 12.6. The molecule has 1 saturated heterocycles. The number of hydrogen-bond acceptors (Lipinski definition) is 4. The Morgan fingerprint density at radius 3 is 2.20 bits per heavy atom. The molecule has 0 unspecified atom stereocenters. The fraction of sp³-hybridized carbons (Fsp3) is 0.100. The van der Waals surface area contributed by atoms with Gasteiger partial charge in [-0.25, -0.2) is 0 Å². The standard InChI is InChI=1S/C20H17NO2S2/c22-17(12-11-15-7-3-1-4-8-15)18(20-24-14-25-20)19(23)21-13-16-9-5-2-6-10-16/h1-12H,13-14H2,(H,21,23)/b12-11+. The van der Waals surface area contributed by atoms with Gasteiger partial charge in [-0.05, 0) is 17.2 Å². The Labute approximate surface area is 155 Å². The molecule has 0 aliphatic carbocycles. The van der Waals surface area contributed by atoms with E-state index in [0.717, 1.165) is 20.4 Å². The zero-order valence-electron chi connectivity index (χ0n) is 13.5. The van der Waals surface area contributed by atoms with Crippen molar-refractivity contribution in [2.24, 2.45) is 0 Å². The number of nitrogens with one attached hydrogen (secondary N) is 1. The molecule has 2 aromatic carbocycles. The zero-order valence-corrected chi connectivity index (χ0v) is 15.1. The van der Waals surface area contributed by atoms with Crippen molar-refractivity contribution >= 4 is 41.3 Å². The predicted octanol–water partition coefficient (Wildman–Crippen LogP) is 4.23. The minimum absolute atomic E-state index is 0.240. The molecule has 2 aromatic rings. The highest BCUT2D eigenvalue weighted by atomic mass is 32.3. The van der Waals surface area contributed by atoms with Crippen molar-refractivity contribution in [1.29, 1.82) is 0 Å². The van der Waals surface area contributed by atoms with Crippen LogP contribution in [0.15, 0.2) is 76.5 Å². The van der Waals surface area contributed by atoms with Crippen LogP contribution in [0.1, 0.15) is 11.1 Å². The highest BCUT2D eigenvalue weighted by Gasteiger charge is 2.26. The summed E-state index contributed by atoms with van der Waals surface area (Å²) in [5.74, 6) is -0.578. The van der Waals surface area contributed by atoms with Crippen LogP contribution in [0, 0.1) is 0 Å². The second kappa shape index (κ2) is 8.74. The second-order valence-electron chi connectivity index (χ2n) is 5.35. The van der Waals surface area contributed by atoms with E-state index in [0.29, 0.717) is 6.54 Å². The number of rotatable bonds is 6. The summed E-state index contributed by atoms with van der Waals surface area (Å²) < 4.78 is 0.799. The van der Waals surface area contributed by atoms with E-state index in [-0.39, 0.29) is 17.3 Å². The van der Waals surface area contributed by atoms with Crippen molar-refractivity contribution in [2.75, 3.05) is 5.08 Å². The lowest BCUT2D eigenvalue weighted by Crippen LogP contribution is -2.28. The number of allylic oxidation sites excluding steroid dienone is 1. The van der Waals surface area contributed by atoms with Crippen molar-refractivity contribution in [1.82, 2.24) is 5.32 Å². The van der Waals surface area contributed by atoms with Crippen LogP contribution in [0.3, 0.4) is 0 Å². The summed E-state index contributed by atoms with van der Waals surface area (Å²) in [5.41, 5.74) is 2.17. The second-order valence-corrected chi connectivity index (χ2v) is 7.94. The Bertz CT molecular complexity index is 808. The highest BCUT2D eigenvalue weighted by Crippen LogP contribution is 2.45. The summed E-state index contributed by atoms with van der Waals surface area (Å²) in [6.45, 7) is 0.404. The van der Waals surface area contributed by atoms with E-state index in [4.69, 9.17) is 0 Å². The Morgan fingerprint density at radius 2 is 1.60 bits per heavy atom.